The van der Waals surface area contributed by atoms with Gasteiger partial charge < -0.3 is 14.9 Å². The number of hydrogen-bond acceptors (Lipinski definition) is 4. The summed E-state index contributed by atoms with van der Waals surface area (Å²) in [6, 6.07) is 22.4. The molecule has 0 aliphatic heterocycles. The van der Waals surface area contributed by atoms with Gasteiger partial charge in [0.2, 0.25) is 5.88 Å². The number of carbonyl (C=O) groups excluding carboxylic acids is 1. The van der Waals surface area contributed by atoms with E-state index in [4.69, 9.17) is 14.9 Å². The lowest BCUT2D eigenvalue weighted by Crippen LogP contribution is -2.32. The lowest BCUT2D eigenvalue weighted by molar-refractivity contribution is 0.255. The number of carbonyl (C=O) groups is 1. The van der Waals surface area contributed by atoms with Gasteiger partial charge >= 0.3 is 11.7 Å². The van der Waals surface area contributed by atoms with Crippen LogP contribution in [0.25, 0.3) is 21.9 Å². The number of ether oxygens (including phenoxy) is 1. The number of fused-ring (bicyclic) bond motifs is 1. The molecule has 0 unspecified atom stereocenters. The minimum atomic E-state index is -0.772. The Balaban J connectivity index is 2.14. The number of primary amides is 1. The van der Waals surface area contributed by atoms with E-state index in [1.165, 1.54) is 4.90 Å². The second-order valence-electron chi connectivity index (χ2n) is 6.32. The number of para-hydroxylation sites is 2. The maximum absolute atomic E-state index is 12.7. The minimum Gasteiger partial charge on any atom is -0.496 e. The highest BCUT2D eigenvalue weighted by atomic mass is 16.5. The molecule has 29 heavy (non-hydrogen) atoms. The highest BCUT2D eigenvalue weighted by Gasteiger charge is 2.26. The van der Waals surface area contributed by atoms with E-state index in [9.17, 15) is 9.59 Å². The Morgan fingerprint density at radius 3 is 2.21 bits per heavy atom. The molecule has 0 spiro atoms. The minimum absolute atomic E-state index is 0.0388. The topological polar surface area (TPSA) is 85.8 Å². The second kappa shape index (κ2) is 7.52. The van der Waals surface area contributed by atoms with Crippen molar-refractivity contribution >= 4 is 28.4 Å². The lowest BCUT2D eigenvalue weighted by Gasteiger charge is -2.23. The van der Waals surface area contributed by atoms with Gasteiger partial charge in [-0.1, -0.05) is 54.6 Å². The molecule has 0 atom stereocenters. The van der Waals surface area contributed by atoms with Crippen LogP contribution in [0.15, 0.2) is 88.1 Å². The monoisotopic (exact) mass is 386 g/mol. The Hall–Kier alpha value is -4.06. The molecule has 0 saturated carbocycles. The lowest BCUT2D eigenvalue weighted by atomic mass is 9.99. The van der Waals surface area contributed by atoms with E-state index in [1.807, 2.05) is 36.4 Å². The van der Waals surface area contributed by atoms with Gasteiger partial charge in [-0.3, -0.25) is 0 Å². The van der Waals surface area contributed by atoms with Crippen molar-refractivity contribution in [2.45, 2.75) is 0 Å². The number of methoxy groups -OCH3 is 1. The Labute approximate surface area is 166 Å². The van der Waals surface area contributed by atoms with Gasteiger partial charge in [-0.25, -0.2) is 14.5 Å². The number of benzene rings is 3. The van der Waals surface area contributed by atoms with Crippen LogP contribution in [0.3, 0.4) is 0 Å². The van der Waals surface area contributed by atoms with Gasteiger partial charge in [-0.05, 0) is 24.3 Å². The van der Waals surface area contributed by atoms with Crippen molar-refractivity contribution in [2.24, 2.45) is 5.73 Å². The standard InChI is InChI=1S/C23H18N2O4/c1-28-19-14-8-7-13-18(19)20-16-11-5-6-12-17(16)22(26)29-21(20)25(23(24)27)15-9-3-2-4-10-15/h2-14H,1H3,(H2,24,27). The maximum Gasteiger partial charge on any atom is 0.345 e. The molecule has 1 heterocycles. The van der Waals surface area contributed by atoms with Crippen molar-refractivity contribution in [3.8, 4) is 16.9 Å². The summed E-state index contributed by atoms with van der Waals surface area (Å²) < 4.78 is 11.2. The fourth-order valence-electron chi connectivity index (χ4n) is 3.38. The summed E-state index contributed by atoms with van der Waals surface area (Å²) in [4.78, 5) is 26.3. The molecule has 0 radical (unpaired) electrons. The third-order valence-electron chi connectivity index (χ3n) is 4.63. The van der Waals surface area contributed by atoms with Crippen LogP contribution in [-0.2, 0) is 0 Å². The third-order valence-corrected chi connectivity index (χ3v) is 4.63. The molecule has 1 aromatic heterocycles. The predicted molar refractivity (Wildman–Crippen MR) is 113 cm³/mol. The molecular formula is C23H18N2O4. The molecule has 2 N–H and O–H groups in total. The van der Waals surface area contributed by atoms with E-state index in [2.05, 4.69) is 0 Å². The van der Waals surface area contributed by atoms with Gasteiger partial charge in [0.15, 0.2) is 0 Å². The summed E-state index contributed by atoms with van der Waals surface area (Å²) in [7, 11) is 1.56. The van der Waals surface area contributed by atoms with Crippen molar-refractivity contribution in [3.05, 3.63) is 89.3 Å². The first-order valence-corrected chi connectivity index (χ1v) is 8.95. The molecule has 4 rings (SSSR count). The van der Waals surface area contributed by atoms with Crippen LogP contribution < -0.4 is 21.0 Å². The SMILES string of the molecule is COc1ccccc1-c1c(N(C(N)=O)c2ccccc2)oc(=O)c2ccccc12. The summed E-state index contributed by atoms with van der Waals surface area (Å²) in [5.41, 5.74) is 6.84. The molecule has 0 fully saturated rings. The first-order valence-electron chi connectivity index (χ1n) is 8.95. The van der Waals surface area contributed by atoms with Gasteiger partial charge in [0, 0.05) is 10.9 Å². The Bertz CT molecular complexity index is 1250. The fourth-order valence-corrected chi connectivity index (χ4v) is 3.38. The number of rotatable bonds is 4. The average Bonchev–Trinajstić information content (AvgIpc) is 2.75. The molecule has 2 amide bonds. The number of urea groups is 1. The Morgan fingerprint density at radius 1 is 0.897 bits per heavy atom. The zero-order valence-corrected chi connectivity index (χ0v) is 15.7. The van der Waals surface area contributed by atoms with E-state index in [1.54, 1.807) is 49.6 Å². The molecule has 0 aliphatic rings. The van der Waals surface area contributed by atoms with Gasteiger partial charge in [0.05, 0.1) is 23.7 Å². The Kier molecular flexibility index (Phi) is 4.75. The van der Waals surface area contributed by atoms with Gasteiger partial charge in [0.1, 0.15) is 5.75 Å². The van der Waals surface area contributed by atoms with Gasteiger partial charge in [-0.2, -0.15) is 0 Å². The van der Waals surface area contributed by atoms with E-state index in [0.29, 0.717) is 33.3 Å². The Morgan fingerprint density at radius 2 is 1.52 bits per heavy atom. The second-order valence-corrected chi connectivity index (χ2v) is 6.32. The van der Waals surface area contributed by atoms with Crippen LogP contribution in [0.2, 0.25) is 0 Å². The number of nitrogens with zero attached hydrogens (tertiary/aromatic N) is 1. The molecule has 144 valence electrons. The fraction of sp³-hybridized carbons (Fsp3) is 0.0435. The zero-order chi connectivity index (χ0) is 20.4. The first kappa shape index (κ1) is 18.3. The van der Waals surface area contributed by atoms with Crippen molar-refractivity contribution in [2.75, 3.05) is 12.0 Å². The van der Waals surface area contributed by atoms with Crippen molar-refractivity contribution in [1.82, 2.24) is 0 Å². The van der Waals surface area contributed by atoms with E-state index < -0.39 is 11.7 Å². The van der Waals surface area contributed by atoms with Gasteiger partial charge in [0.25, 0.3) is 0 Å². The summed E-state index contributed by atoms with van der Waals surface area (Å²) in [6.07, 6.45) is 0. The molecular weight excluding hydrogens is 368 g/mol. The van der Waals surface area contributed by atoms with E-state index in [0.717, 1.165) is 0 Å². The van der Waals surface area contributed by atoms with Crippen molar-refractivity contribution < 1.29 is 13.9 Å². The van der Waals surface area contributed by atoms with Crippen LogP contribution in [0.1, 0.15) is 0 Å². The quantitative estimate of drug-likeness (QED) is 0.551. The molecule has 6 heteroatoms. The number of amides is 2. The smallest absolute Gasteiger partial charge is 0.345 e. The molecule has 0 aliphatic carbocycles. The summed E-state index contributed by atoms with van der Waals surface area (Å²) in [5, 5.41) is 1.03. The van der Waals surface area contributed by atoms with E-state index in [-0.39, 0.29) is 5.88 Å². The average molecular weight is 386 g/mol. The molecule has 4 aromatic rings. The van der Waals surface area contributed by atoms with Gasteiger partial charge in [-0.15, -0.1) is 0 Å². The summed E-state index contributed by atoms with van der Waals surface area (Å²) >= 11 is 0. The highest BCUT2D eigenvalue weighted by Crippen LogP contribution is 2.42. The maximum atomic E-state index is 12.7. The van der Waals surface area contributed by atoms with E-state index >= 15 is 0 Å². The highest BCUT2D eigenvalue weighted by molar-refractivity contribution is 6.08. The number of anilines is 2. The van der Waals surface area contributed by atoms with Crippen LogP contribution in [-0.4, -0.2) is 13.1 Å². The zero-order valence-electron chi connectivity index (χ0n) is 15.7. The number of hydrogen-bond donors (Lipinski definition) is 1. The largest absolute Gasteiger partial charge is 0.496 e. The van der Waals surface area contributed by atoms with Crippen molar-refractivity contribution in [1.29, 1.82) is 0 Å². The van der Waals surface area contributed by atoms with Crippen LogP contribution in [0, 0.1) is 0 Å². The normalized spacial score (nSPS) is 10.7. The van der Waals surface area contributed by atoms with Crippen molar-refractivity contribution in [3.63, 3.8) is 0 Å². The summed E-state index contributed by atoms with van der Waals surface area (Å²) in [6.45, 7) is 0. The van der Waals surface area contributed by atoms with Crippen LogP contribution in [0.4, 0.5) is 16.4 Å². The molecule has 6 nitrogen and oxygen atoms in total. The third kappa shape index (κ3) is 3.21. The van der Waals surface area contributed by atoms with Crippen LogP contribution in [0.5, 0.6) is 5.75 Å². The first-order chi connectivity index (χ1) is 14.1. The molecule has 0 bridgehead atoms. The number of nitrogens with two attached hydrogens (primary N) is 1. The molecule has 3 aromatic carbocycles. The predicted octanol–water partition coefficient (Wildman–Crippen LogP) is 4.69. The van der Waals surface area contributed by atoms with Crippen LogP contribution >= 0.6 is 0 Å². The summed E-state index contributed by atoms with van der Waals surface area (Å²) in [5.74, 6) is 0.613. The molecule has 0 saturated heterocycles.